The first-order chi connectivity index (χ1) is 9.49. The molecule has 0 unspecified atom stereocenters. The Hall–Kier alpha value is -2.60. The molecule has 3 N–H and O–H groups in total. The molecule has 102 valence electrons. The topological polar surface area (TPSA) is 98.3 Å². The number of nitrogens with two attached hydrogens (primary N) is 1. The number of nitro benzene ring substituents is 1. The van der Waals surface area contributed by atoms with Gasteiger partial charge in [-0.1, -0.05) is 29.8 Å². The van der Waals surface area contributed by atoms with E-state index in [9.17, 15) is 14.9 Å². The average molecular weight is 292 g/mol. The fraction of sp³-hybridized carbons (Fsp3) is 0. The molecule has 0 heterocycles. The number of nitrogens with zero attached hydrogens (tertiary/aromatic N) is 1. The van der Waals surface area contributed by atoms with E-state index in [4.69, 9.17) is 17.3 Å². The molecule has 6 nitrogen and oxygen atoms in total. The van der Waals surface area contributed by atoms with Crippen LogP contribution in [0.4, 0.5) is 17.1 Å². The first-order valence-electron chi connectivity index (χ1n) is 5.59. The van der Waals surface area contributed by atoms with E-state index < -0.39 is 16.5 Å². The number of halogens is 1. The number of hydrogen-bond donors (Lipinski definition) is 2. The first kappa shape index (κ1) is 13.8. The van der Waals surface area contributed by atoms with Gasteiger partial charge in [-0.3, -0.25) is 14.9 Å². The molecule has 0 aliphatic heterocycles. The van der Waals surface area contributed by atoms with Gasteiger partial charge in [-0.25, -0.2) is 0 Å². The number of para-hydroxylation sites is 1. The van der Waals surface area contributed by atoms with Gasteiger partial charge >= 0.3 is 0 Å². The molecule has 0 saturated carbocycles. The van der Waals surface area contributed by atoms with Crippen molar-refractivity contribution in [2.24, 2.45) is 0 Å². The average Bonchev–Trinajstić information content (AvgIpc) is 2.42. The van der Waals surface area contributed by atoms with E-state index >= 15 is 0 Å². The molecular formula is C13H10ClN3O3. The number of rotatable bonds is 3. The highest BCUT2D eigenvalue weighted by molar-refractivity contribution is 6.34. The molecule has 0 aromatic heterocycles. The second kappa shape index (κ2) is 5.58. The second-order valence-electron chi connectivity index (χ2n) is 3.97. The van der Waals surface area contributed by atoms with Crippen molar-refractivity contribution in [3.8, 4) is 0 Å². The fourth-order valence-corrected chi connectivity index (χ4v) is 1.82. The van der Waals surface area contributed by atoms with Crippen LogP contribution in [0.25, 0.3) is 0 Å². The Balaban J connectivity index is 2.33. The monoisotopic (exact) mass is 291 g/mol. The highest BCUT2D eigenvalue weighted by atomic mass is 35.5. The van der Waals surface area contributed by atoms with Gasteiger partial charge in [-0.05, 0) is 18.2 Å². The van der Waals surface area contributed by atoms with Crippen LogP contribution in [0.1, 0.15) is 10.4 Å². The predicted molar refractivity (Wildman–Crippen MR) is 76.9 cm³/mol. The minimum absolute atomic E-state index is 0.0302. The summed E-state index contributed by atoms with van der Waals surface area (Å²) in [5.74, 6) is -0.499. The number of amides is 1. The Bertz CT molecular complexity index is 674. The van der Waals surface area contributed by atoms with Gasteiger partial charge < -0.3 is 11.1 Å². The van der Waals surface area contributed by atoms with Crippen LogP contribution in [0.15, 0.2) is 42.5 Å². The summed E-state index contributed by atoms with van der Waals surface area (Å²) in [7, 11) is 0. The lowest BCUT2D eigenvalue weighted by molar-refractivity contribution is -0.383. The summed E-state index contributed by atoms with van der Waals surface area (Å²) in [5, 5.41) is 13.4. The van der Waals surface area contributed by atoms with Crippen molar-refractivity contribution < 1.29 is 9.72 Å². The number of nitro groups is 1. The van der Waals surface area contributed by atoms with Gasteiger partial charge in [0.15, 0.2) is 0 Å². The van der Waals surface area contributed by atoms with Gasteiger partial charge in [0.2, 0.25) is 0 Å². The van der Waals surface area contributed by atoms with Gasteiger partial charge in [-0.15, -0.1) is 0 Å². The molecule has 2 aromatic rings. The molecule has 0 aliphatic rings. The highest BCUT2D eigenvalue weighted by Gasteiger charge is 2.19. The van der Waals surface area contributed by atoms with Gasteiger partial charge in [0.25, 0.3) is 11.6 Å². The Morgan fingerprint density at radius 3 is 2.50 bits per heavy atom. The summed E-state index contributed by atoms with van der Waals surface area (Å²) in [5.41, 5.74) is 5.59. The standard InChI is InChI=1S/C13H10ClN3O3/c14-10-6-8(7-11(12(10)15)17(19)20)13(18)16-9-4-2-1-3-5-9/h1-7H,15H2,(H,16,18). The lowest BCUT2D eigenvalue weighted by atomic mass is 10.1. The third-order valence-corrected chi connectivity index (χ3v) is 2.91. The number of carbonyl (C=O) groups excluding carboxylic acids is 1. The summed E-state index contributed by atoms with van der Waals surface area (Å²) in [6.45, 7) is 0. The molecule has 1 amide bonds. The van der Waals surface area contributed by atoms with E-state index in [0.717, 1.165) is 6.07 Å². The second-order valence-corrected chi connectivity index (χ2v) is 4.38. The lowest BCUT2D eigenvalue weighted by Gasteiger charge is -2.07. The van der Waals surface area contributed by atoms with E-state index in [1.807, 2.05) is 0 Å². The summed E-state index contributed by atoms with van der Waals surface area (Å²) < 4.78 is 0. The summed E-state index contributed by atoms with van der Waals surface area (Å²) >= 11 is 5.80. The molecule has 2 rings (SSSR count). The number of benzene rings is 2. The fourth-order valence-electron chi connectivity index (χ4n) is 1.61. The third kappa shape index (κ3) is 2.86. The van der Waals surface area contributed by atoms with Crippen LogP contribution in [0.5, 0.6) is 0 Å². The molecule has 0 fully saturated rings. The zero-order valence-corrected chi connectivity index (χ0v) is 10.9. The number of nitrogen functional groups attached to an aromatic ring is 1. The van der Waals surface area contributed by atoms with Crippen molar-refractivity contribution in [3.63, 3.8) is 0 Å². The molecule has 2 aromatic carbocycles. The predicted octanol–water partition coefficient (Wildman–Crippen LogP) is 3.08. The minimum Gasteiger partial charge on any atom is -0.392 e. The summed E-state index contributed by atoms with van der Waals surface area (Å²) in [4.78, 5) is 22.2. The van der Waals surface area contributed by atoms with E-state index in [0.29, 0.717) is 5.69 Å². The van der Waals surface area contributed by atoms with Crippen LogP contribution in [0.3, 0.4) is 0 Å². The van der Waals surface area contributed by atoms with Crippen LogP contribution in [0.2, 0.25) is 5.02 Å². The van der Waals surface area contributed by atoms with Crippen molar-refractivity contribution in [3.05, 3.63) is 63.2 Å². The normalized spacial score (nSPS) is 10.1. The lowest BCUT2D eigenvalue weighted by Crippen LogP contribution is -2.12. The molecule has 7 heteroatoms. The minimum atomic E-state index is -0.680. The summed E-state index contributed by atoms with van der Waals surface area (Å²) in [6.07, 6.45) is 0. The summed E-state index contributed by atoms with van der Waals surface area (Å²) in [6, 6.07) is 11.1. The molecule has 20 heavy (non-hydrogen) atoms. The SMILES string of the molecule is Nc1c(Cl)cc(C(=O)Nc2ccccc2)cc1[N+](=O)[O-]. The highest BCUT2D eigenvalue weighted by Crippen LogP contribution is 2.31. The maximum atomic E-state index is 12.0. The number of anilines is 2. The number of hydrogen-bond acceptors (Lipinski definition) is 4. The number of carbonyl (C=O) groups is 1. The van der Waals surface area contributed by atoms with Gasteiger partial charge in [0.1, 0.15) is 5.69 Å². The van der Waals surface area contributed by atoms with Crippen LogP contribution >= 0.6 is 11.6 Å². The maximum absolute atomic E-state index is 12.0. The van der Waals surface area contributed by atoms with E-state index in [1.165, 1.54) is 6.07 Å². The Morgan fingerprint density at radius 2 is 1.90 bits per heavy atom. The van der Waals surface area contributed by atoms with Gasteiger partial charge in [0, 0.05) is 17.3 Å². The molecule has 0 spiro atoms. The van der Waals surface area contributed by atoms with Crippen LogP contribution in [-0.4, -0.2) is 10.8 Å². The molecule has 0 aliphatic carbocycles. The Labute approximate surface area is 119 Å². The van der Waals surface area contributed by atoms with Crippen molar-refractivity contribution in [1.29, 1.82) is 0 Å². The van der Waals surface area contributed by atoms with Crippen molar-refractivity contribution in [2.75, 3.05) is 11.1 Å². The van der Waals surface area contributed by atoms with Crippen molar-refractivity contribution >= 4 is 34.6 Å². The van der Waals surface area contributed by atoms with Gasteiger partial charge in [0.05, 0.1) is 9.95 Å². The molecule has 0 bridgehead atoms. The van der Waals surface area contributed by atoms with Crippen LogP contribution < -0.4 is 11.1 Å². The maximum Gasteiger partial charge on any atom is 0.294 e. The zero-order valence-electron chi connectivity index (χ0n) is 10.2. The quantitative estimate of drug-likeness (QED) is 0.516. The largest absolute Gasteiger partial charge is 0.392 e. The van der Waals surface area contributed by atoms with E-state index in [2.05, 4.69) is 5.32 Å². The van der Waals surface area contributed by atoms with E-state index in [-0.39, 0.29) is 16.3 Å². The Morgan fingerprint density at radius 1 is 1.25 bits per heavy atom. The third-order valence-electron chi connectivity index (χ3n) is 2.60. The molecule has 0 atom stereocenters. The Kier molecular flexibility index (Phi) is 3.86. The van der Waals surface area contributed by atoms with E-state index in [1.54, 1.807) is 30.3 Å². The molecule has 0 saturated heterocycles. The first-order valence-corrected chi connectivity index (χ1v) is 5.96. The molecular weight excluding hydrogens is 282 g/mol. The zero-order chi connectivity index (χ0) is 14.7. The van der Waals surface area contributed by atoms with Crippen molar-refractivity contribution in [1.82, 2.24) is 0 Å². The van der Waals surface area contributed by atoms with Crippen molar-refractivity contribution in [2.45, 2.75) is 0 Å². The smallest absolute Gasteiger partial charge is 0.294 e. The van der Waals surface area contributed by atoms with Gasteiger partial charge in [-0.2, -0.15) is 0 Å². The van der Waals surface area contributed by atoms with Crippen LogP contribution in [0, 0.1) is 10.1 Å². The number of nitrogens with one attached hydrogen (secondary N) is 1. The van der Waals surface area contributed by atoms with Crippen LogP contribution in [-0.2, 0) is 0 Å². The molecule has 0 radical (unpaired) electrons.